The quantitative estimate of drug-likeness (QED) is 0.512. The van der Waals surface area contributed by atoms with E-state index in [1.807, 2.05) is 0 Å². The first-order valence-electron chi connectivity index (χ1n) is 7.57. The van der Waals surface area contributed by atoms with Crippen LogP contribution < -0.4 is 0 Å². The average Bonchev–Trinajstić information content (AvgIpc) is 2.52. The molecule has 0 aliphatic rings. The summed E-state index contributed by atoms with van der Waals surface area (Å²) < 4.78 is 0. The van der Waals surface area contributed by atoms with Crippen molar-refractivity contribution in [3.8, 4) is 11.1 Å². The first kappa shape index (κ1) is 15.4. The average molecular weight is 329 g/mol. The largest absolute Gasteiger partial charge is 0.101 e. The molecule has 0 radical (unpaired) electrons. The molecule has 0 bridgehead atoms. The van der Waals surface area contributed by atoms with Crippen LogP contribution in [0.5, 0.6) is 0 Å². The maximum Gasteiger partial charge on any atom is 0.101 e. The Kier molecular flexibility index (Phi) is 6.39. The number of hydrogen-bond donors (Lipinski definition) is 0. The van der Waals surface area contributed by atoms with Gasteiger partial charge in [-0.05, 0) is 41.5 Å². The smallest absolute Gasteiger partial charge is 0.0928 e. The van der Waals surface area contributed by atoms with E-state index in [9.17, 15) is 0 Å². The Morgan fingerprint density at radius 3 is 1.55 bits per heavy atom. The number of aryl methyl sites for hydroxylation is 2. The van der Waals surface area contributed by atoms with Crippen molar-refractivity contribution in [2.75, 3.05) is 5.33 Å². The van der Waals surface area contributed by atoms with Gasteiger partial charge in [0.25, 0.3) is 0 Å². The zero-order valence-electron chi connectivity index (χ0n) is 12.2. The molecule has 0 heterocycles. The molecule has 2 aromatic rings. The lowest BCUT2D eigenvalue weighted by atomic mass is 9.96. The molecule has 0 saturated carbocycles. The molecule has 2 heteroatoms. The normalized spacial score (nSPS) is 10.7. The maximum absolute atomic E-state index is 3.48. The lowest BCUT2D eigenvalue weighted by Gasteiger charge is -2.06. The van der Waals surface area contributed by atoms with E-state index in [1.165, 1.54) is 47.8 Å². The van der Waals surface area contributed by atoms with E-state index in [1.54, 1.807) is 0 Å². The molecule has 2 rings (SSSR count). The standard InChI is InChI=1S/C18H22BBr/c19-13-1-3-15-5-9-17(10-6-15)18-11-7-16(8-12-18)4-2-14-20/h5-12H,1-4,13-14,19H2. The van der Waals surface area contributed by atoms with Crippen molar-refractivity contribution in [3.63, 3.8) is 0 Å². The van der Waals surface area contributed by atoms with Crippen LogP contribution in [0.3, 0.4) is 0 Å². The summed E-state index contributed by atoms with van der Waals surface area (Å²) in [5, 5.41) is 1.08. The van der Waals surface area contributed by atoms with Crippen LogP contribution in [0.4, 0.5) is 0 Å². The fourth-order valence-corrected chi connectivity index (χ4v) is 2.66. The summed E-state index contributed by atoms with van der Waals surface area (Å²) in [6.45, 7) is 0. The molecule has 0 fully saturated rings. The van der Waals surface area contributed by atoms with E-state index in [0.717, 1.165) is 11.8 Å². The molecular weight excluding hydrogens is 307 g/mol. The first-order valence-corrected chi connectivity index (χ1v) is 8.70. The molecule has 0 nitrogen and oxygen atoms in total. The Balaban J connectivity index is 2.03. The van der Waals surface area contributed by atoms with Crippen molar-refractivity contribution in [1.82, 2.24) is 0 Å². The molecule has 0 unspecified atom stereocenters. The summed E-state index contributed by atoms with van der Waals surface area (Å²) in [4.78, 5) is 0. The van der Waals surface area contributed by atoms with Gasteiger partial charge in [0, 0.05) is 5.33 Å². The van der Waals surface area contributed by atoms with Crippen LogP contribution in [0, 0.1) is 0 Å². The number of benzene rings is 2. The van der Waals surface area contributed by atoms with E-state index in [4.69, 9.17) is 0 Å². The molecular formula is C18H22BBr. The highest BCUT2D eigenvalue weighted by Crippen LogP contribution is 2.21. The van der Waals surface area contributed by atoms with Crippen molar-refractivity contribution in [2.24, 2.45) is 0 Å². The number of halogens is 1. The second-order valence-corrected chi connectivity index (χ2v) is 6.08. The van der Waals surface area contributed by atoms with Crippen molar-refractivity contribution in [3.05, 3.63) is 59.7 Å². The third-order valence-corrected chi connectivity index (χ3v) is 4.22. The fourth-order valence-electron chi connectivity index (χ4n) is 2.38. The fraction of sp³-hybridized carbons (Fsp3) is 0.333. The van der Waals surface area contributed by atoms with Gasteiger partial charge in [-0.15, -0.1) is 0 Å². The minimum absolute atomic E-state index is 1.08. The Morgan fingerprint density at radius 2 is 1.15 bits per heavy atom. The van der Waals surface area contributed by atoms with Crippen LogP contribution in [0.15, 0.2) is 48.5 Å². The van der Waals surface area contributed by atoms with Gasteiger partial charge < -0.3 is 0 Å². The molecule has 0 aliphatic carbocycles. The highest BCUT2D eigenvalue weighted by Gasteiger charge is 1.99. The Morgan fingerprint density at radius 1 is 0.700 bits per heavy atom. The number of hydrogen-bond acceptors (Lipinski definition) is 0. The number of rotatable bonds is 7. The zero-order valence-corrected chi connectivity index (χ0v) is 13.8. The molecule has 20 heavy (non-hydrogen) atoms. The van der Waals surface area contributed by atoms with E-state index >= 15 is 0 Å². The number of alkyl halides is 1. The second kappa shape index (κ2) is 8.31. The van der Waals surface area contributed by atoms with Crippen LogP contribution in [0.1, 0.15) is 24.0 Å². The molecule has 0 N–H and O–H groups in total. The second-order valence-electron chi connectivity index (χ2n) is 5.29. The van der Waals surface area contributed by atoms with E-state index < -0.39 is 0 Å². The van der Waals surface area contributed by atoms with Gasteiger partial charge in [-0.2, -0.15) is 0 Å². The topological polar surface area (TPSA) is 0 Å². The molecule has 0 aliphatic heterocycles. The lowest BCUT2D eigenvalue weighted by molar-refractivity contribution is 0.919. The monoisotopic (exact) mass is 328 g/mol. The van der Waals surface area contributed by atoms with Gasteiger partial charge in [-0.3, -0.25) is 0 Å². The third-order valence-electron chi connectivity index (χ3n) is 3.66. The van der Waals surface area contributed by atoms with Gasteiger partial charge in [-0.25, -0.2) is 0 Å². The molecule has 104 valence electrons. The van der Waals surface area contributed by atoms with Gasteiger partial charge in [0.15, 0.2) is 0 Å². The molecule has 0 saturated heterocycles. The predicted molar refractivity (Wildman–Crippen MR) is 95.7 cm³/mol. The van der Waals surface area contributed by atoms with E-state index in [-0.39, 0.29) is 0 Å². The van der Waals surface area contributed by atoms with E-state index in [0.29, 0.717) is 0 Å². The van der Waals surface area contributed by atoms with Crippen LogP contribution >= 0.6 is 15.9 Å². The highest BCUT2D eigenvalue weighted by molar-refractivity contribution is 9.09. The van der Waals surface area contributed by atoms with Crippen molar-refractivity contribution >= 4 is 23.8 Å². The lowest BCUT2D eigenvalue weighted by Crippen LogP contribution is -1.87. The van der Waals surface area contributed by atoms with Crippen LogP contribution in [0.25, 0.3) is 11.1 Å². The molecule has 0 aromatic heterocycles. The highest BCUT2D eigenvalue weighted by atomic mass is 79.9. The van der Waals surface area contributed by atoms with Gasteiger partial charge >= 0.3 is 0 Å². The summed E-state index contributed by atoms with van der Waals surface area (Å²) in [6.07, 6.45) is 6.09. The van der Waals surface area contributed by atoms with Crippen LogP contribution in [0.2, 0.25) is 6.32 Å². The van der Waals surface area contributed by atoms with Crippen molar-refractivity contribution in [1.29, 1.82) is 0 Å². The summed E-state index contributed by atoms with van der Waals surface area (Å²) in [5.74, 6) is 0. The summed E-state index contributed by atoms with van der Waals surface area (Å²) >= 11 is 3.48. The van der Waals surface area contributed by atoms with Gasteiger partial charge in [0.05, 0.1) is 0 Å². The SMILES string of the molecule is BCCCc1ccc(-c2ccc(CCCBr)cc2)cc1. The molecule has 0 atom stereocenters. The summed E-state index contributed by atoms with van der Waals surface area (Å²) in [5.41, 5.74) is 5.50. The maximum atomic E-state index is 3.48. The van der Waals surface area contributed by atoms with E-state index in [2.05, 4.69) is 72.3 Å². The Hall–Kier alpha value is -1.02. The van der Waals surface area contributed by atoms with Crippen molar-refractivity contribution in [2.45, 2.75) is 32.0 Å². The zero-order chi connectivity index (χ0) is 14.2. The Labute approximate surface area is 132 Å². The minimum atomic E-state index is 1.08. The van der Waals surface area contributed by atoms with Gasteiger partial charge in [0.2, 0.25) is 0 Å². The van der Waals surface area contributed by atoms with Gasteiger partial charge in [-0.1, -0.05) is 77.2 Å². The van der Waals surface area contributed by atoms with Crippen LogP contribution in [-0.4, -0.2) is 13.2 Å². The molecule has 2 aromatic carbocycles. The van der Waals surface area contributed by atoms with Gasteiger partial charge in [0.1, 0.15) is 7.85 Å². The first-order chi connectivity index (χ1) is 9.83. The summed E-state index contributed by atoms with van der Waals surface area (Å²) in [6, 6.07) is 18.0. The molecule has 0 amide bonds. The third kappa shape index (κ3) is 4.52. The Bertz CT molecular complexity index is 452. The van der Waals surface area contributed by atoms with Crippen molar-refractivity contribution < 1.29 is 0 Å². The molecule has 0 spiro atoms. The summed E-state index contributed by atoms with van der Waals surface area (Å²) in [7, 11) is 2.24. The predicted octanol–water partition coefficient (Wildman–Crippen LogP) is 4.67. The minimum Gasteiger partial charge on any atom is -0.0928 e. The van der Waals surface area contributed by atoms with Crippen LogP contribution in [-0.2, 0) is 12.8 Å².